The van der Waals surface area contributed by atoms with Gasteiger partial charge in [-0.1, -0.05) is 97.1 Å². The number of fused-ring (bicyclic) bond motifs is 2. The molecule has 0 aromatic heterocycles. The van der Waals surface area contributed by atoms with Crippen LogP contribution in [0.5, 0.6) is 0 Å². The molecule has 128 valence electrons. The molecule has 0 N–H and O–H groups in total. The predicted octanol–water partition coefficient (Wildman–Crippen LogP) is 5.12. The van der Waals surface area contributed by atoms with Crippen molar-refractivity contribution >= 4 is 23.8 Å². The zero-order chi connectivity index (χ0) is 17.3. The minimum atomic E-state index is -0.490. The largest absolute Gasteiger partial charge is 0.0851 e. The molecule has 3 aromatic rings. The Bertz CT molecular complexity index is 856. The Morgan fingerprint density at radius 3 is 1.65 bits per heavy atom. The highest BCUT2D eigenvalue weighted by Gasteiger charge is 2.36. The maximum absolute atomic E-state index is 2.45. The molecule has 2 aliphatic rings. The molecule has 0 heterocycles. The molecule has 1 saturated carbocycles. The maximum Gasteiger partial charge on any atom is -0.00932 e. The molecule has 0 amide bonds. The molecule has 3 atom stereocenters. The first-order valence-corrected chi connectivity index (χ1v) is 10.9. The van der Waals surface area contributed by atoms with Gasteiger partial charge in [0.05, 0.1) is 0 Å². The lowest BCUT2D eigenvalue weighted by Crippen LogP contribution is -2.20. The lowest BCUT2D eigenvalue weighted by atomic mass is 9.87. The van der Waals surface area contributed by atoms with Crippen molar-refractivity contribution in [1.82, 2.24) is 0 Å². The van der Waals surface area contributed by atoms with Gasteiger partial charge in [0.25, 0.3) is 0 Å². The highest BCUT2D eigenvalue weighted by atomic mass is 31.1. The number of hydrogen-bond donors (Lipinski definition) is 0. The SMILES string of the molecule is C1=C[C@H]2C[C@@H]1C[C@@H]2c1ccc(P(c2ccccc2)c2ccccc2)cc1. The molecule has 0 unspecified atom stereocenters. The fourth-order valence-corrected chi connectivity index (χ4v) is 6.92. The first-order valence-electron chi connectivity index (χ1n) is 9.57. The Morgan fingerprint density at radius 1 is 0.577 bits per heavy atom. The van der Waals surface area contributed by atoms with E-state index in [0.29, 0.717) is 0 Å². The summed E-state index contributed by atoms with van der Waals surface area (Å²) in [5.41, 5.74) is 1.53. The van der Waals surface area contributed by atoms with E-state index >= 15 is 0 Å². The number of hydrogen-bond acceptors (Lipinski definition) is 0. The molecule has 1 heteroatoms. The molecule has 0 spiro atoms. The minimum absolute atomic E-state index is 0.490. The van der Waals surface area contributed by atoms with Gasteiger partial charge < -0.3 is 0 Å². The first kappa shape index (κ1) is 16.0. The van der Waals surface area contributed by atoms with Crippen molar-refractivity contribution in [2.24, 2.45) is 11.8 Å². The molecule has 0 nitrogen and oxygen atoms in total. The van der Waals surface area contributed by atoms with Crippen LogP contribution in [0.1, 0.15) is 24.3 Å². The third-order valence-corrected chi connectivity index (χ3v) is 8.33. The van der Waals surface area contributed by atoms with Gasteiger partial charge in [-0.15, -0.1) is 0 Å². The second kappa shape index (κ2) is 6.86. The lowest BCUT2D eigenvalue weighted by Gasteiger charge is -2.22. The molecule has 0 radical (unpaired) electrons. The summed E-state index contributed by atoms with van der Waals surface area (Å²) in [5, 5.41) is 4.29. The van der Waals surface area contributed by atoms with E-state index in [0.717, 1.165) is 17.8 Å². The van der Waals surface area contributed by atoms with Gasteiger partial charge in [-0.2, -0.15) is 0 Å². The van der Waals surface area contributed by atoms with Crippen LogP contribution in [0.15, 0.2) is 97.1 Å². The average molecular weight is 354 g/mol. The predicted molar refractivity (Wildman–Crippen MR) is 113 cm³/mol. The molecule has 3 aromatic carbocycles. The number of allylic oxidation sites excluding steroid dienone is 2. The van der Waals surface area contributed by atoms with E-state index in [2.05, 4.69) is 97.1 Å². The zero-order valence-electron chi connectivity index (χ0n) is 14.8. The van der Waals surface area contributed by atoms with Crippen LogP contribution in [0.2, 0.25) is 0 Å². The summed E-state index contributed by atoms with van der Waals surface area (Å²) in [4.78, 5) is 0. The van der Waals surface area contributed by atoms with Crippen LogP contribution in [0.4, 0.5) is 0 Å². The summed E-state index contributed by atoms with van der Waals surface area (Å²) >= 11 is 0. The van der Waals surface area contributed by atoms with Crippen molar-refractivity contribution in [3.05, 3.63) is 103 Å². The van der Waals surface area contributed by atoms with Gasteiger partial charge in [0.15, 0.2) is 0 Å². The molecule has 5 rings (SSSR count). The summed E-state index contributed by atoms with van der Waals surface area (Å²) < 4.78 is 0. The van der Waals surface area contributed by atoms with Crippen molar-refractivity contribution in [2.75, 3.05) is 0 Å². The summed E-state index contributed by atoms with van der Waals surface area (Å²) in [7, 11) is -0.490. The van der Waals surface area contributed by atoms with Crippen LogP contribution in [-0.2, 0) is 0 Å². The molecule has 0 aliphatic heterocycles. The van der Waals surface area contributed by atoms with Gasteiger partial charge in [0, 0.05) is 0 Å². The summed E-state index contributed by atoms with van der Waals surface area (Å²) in [5.74, 6) is 2.34. The smallest absolute Gasteiger partial charge is 0.00932 e. The Kier molecular flexibility index (Phi) is 4.23. The highest BCUT2D eigenvalue weighted by molar-refractivity contribution is 7.79. The van der Waals surface area contributed by atoms with Crippen molar-refractivity contribution in [2.45, 2.75) is 18.8 Å². The normalized spacial score (nSPS) is 23.7. The van der Waals surface area contributed by atoms with Gasteiger partial charge in [-0.05, 0) is 60.0 Å². The Balaban J connectivity index is 1.50. The first-order chi connectivity index (χ1) is 12.9. The fourth-order valence-electron chi connectivity index (χ4n) is 4.64. The van der Waals surface area contributed by atoms with Crippen LogP contribution in [-0.4, -0.2) is 0 Å². The second-order valence-corrected chi connectivity index (χ2v) is 9.70. The highest BCUT2D eigenvalue weighted by Crippen LogP contribution is 2.48. The monoisotopic (exact) mass is 354 g/mol. The van der Waals surface area contributed by atoms with Crippen LogP contribution in [0.25, 0.3) is 0 Å². The molecule has 1 fully saturated rings. The molecule has 2 bridgehead atoms. The van der Waals surface area contributed by atoms with Crippen molar-refractivity contribution in [3.8, 4) is 0 Å². The van der Waals surface area contributed by atoms with E-state index in [-0.39, 0.29) is 0 Å². The summed E-state index contributed by atoms with van der Waals surface area (Å²) in [6, 6.07) is 31.5. The van der Waals surface area contributed by atoms with E-state index in [4.69, 9.17) is 0 Å². The fraction of sp³-hybridized carbons (Fsp3) is 0.200. The van der Waals surface area contributed by atoms with E-state index in [1.165, 1.54) is 34.3 Å². The third-order valence-electron chi connectivity index (χ3n) is 5.89. The Morgan fingerprint density at radius 2 is 1.15 bits per heavy atom. The minimum Gasteiger partial charge on any atom is -0.0851 e. The van der Waals surface area contributed by atoms with Gasteiger partial charge in [0.1, 0.15) is 0 Å². The van der Waals surface area contributed by atoms with Gasteiger partial charge in [-0.25, -0.2) is 0 Å². The summed E-state index contributed by atoms with van der Waals surface area (Å²) in [6.45, 7) is 0. The lowest BCUT2D eigenvalue weighted by molar-refractivity contribution is 0.586. The van der Waals surface area contributed by atoms with Crippen LogP contribution in [0, 0.1) is 11.8 Å². The second-order valence-electron chi connectivity index (χ2n) is 7.48. The molecule has 26 heavy (non-hydrogen) atoms. The maximum atomic E-state index is 2.45. The van der Waals surface area contributed by atoms with Gasteiger partial charge in [-0.3, -0.25) is 0 Å². The average Bonchev–Trinajstić information content (AvgIpc) is 3.34. The standard InChI is InChI=1S/C25H23P/c1-3-7-22(8-4-1)26(23-9-5-2-6-10-23)24-15-13-20(14-16-24)25-18-19-11-12-21(25)17-19/h1-16,19,21,25H,17-18H2/t19-,21+,25-/m1/s1. The van der Waals surface area contributed by atoms with E-state index in [1.54, 1.807) is 0 Å². The van der Waals surface area contributed by atoms with E-state index in [1.807, 2.05) is 0 Å². The van der Waals surface area contributed by atoms with Crippen LogP contribution < -0.4 is 15.9 Å². The quantitative estimate of drug-likeness (QED) is 0.450. The van der Waals surface area contributed by atoms with Crippen molar-refractivity contribution in [3.63, 3.8) is 0 Å². The molecule has 2 aliphatic carbocycles. The topological polar surface area (TPSA) is 0 Å². The van der Waals surface area contributed by atoms with E-state index in [9.17, 15) is 0 Å². The Labute approximate surface area is 157 Å². The van der Waals surface area contributed by atoms with Crippen LogP contribution in [0.3, 0.4) is 0 Å². The third kappa shape index (κ3) is 2.93. The molecular formula is C25H23P. The summed E-state index contributed by atoms with van der Waals surface area (Å²) in [6.07, 6.45) is 7.59. The number of rotatable bonds is 4. The molecular weight excluding hydrogens is 331 g/mol. The van der Waals surface area contributed by atoms with E-state index < -0.39 is 7.92 Å². The van der Waals surface area contributed by atoms with Crippen molar-refractivity contribution < 1.29 is 0 Å². The zero-order valence-corrected chi connectivity index (χ0v) is 15.7. The molecule has 0 saturated heterocycles. The Hall–Kier alpha value is -2.17. The van der Waals surface area contributed by atoms with Gasteiger partial charge >= 0.3 is 0 Å². The van der Waals surface area contributed by atoms with Crippen molar-refractivity contribution in [1.29, 1.82) is 0 Å². The van der Waals surface area contributed by atoms with Gasteiger partial charge in [0.2, 0.25) is 0 Å². The van der Waals surface area contributed by atoms with Crippen LogP contribution >= 0.6 is 7.92 Å². The number of benzene rings is 3.